The van der Waals surface area contributed by atoms with Gasteiger partial charge in [0, 0.05) is 36.0 Å². The number of carbonyl (C=O) groups excluding carboxylic acids is 1. The summed E-state index contributed by atoms with van der Waals surface area (Å²) in [5, 5.41) is 4.50. The fourth-order valence-electron chi connectivity index (χ4n) is 4.20. The summed E-state index contributed by atoms with van der Waals surface area (Å²) >= 11 is 3.45. The highest BCUT2D eigenvalue weighted by molar-refractivity contribution is 9.10. The fraction of sp³-hybridized carbons (Fsp3) is 0.364. The van der Waals surface area contributed by atoms with E-state index in [0.29, 0.717) is 12.2 Å². The lowest BCUT2D eigenvalue weighted by Gasteiger charge is -2.37. The fourth-order valence-corrected chi connectivity index (χ4v) is 4.53. The molecule has 1 atom stereocenters. The van der Waals surface area contributed by atoms with Gasteiger partial charge in [-0.05, 0) is 78.5 Å². The summed E-state index contributed by atoms with van der Waals surface area (Å²) in [6, 6.07) is 12.3. The number of hydrogen-bond acceptors (Lipinski definition) is 3. The van der Waals surface area contributed by atoms with Crippen LogP contribution in [0.25, 0.3) is 5.52 Å². The van der Waals surface area contributed by atoms with E-state index in [2.05, 4.69) is 64.9 Å². The summed E-state index contributed by atoms with van der Waals surface area (Å²) in [5.74, 6) is -0.00813. The second kappa shape index (κ2) is 7.59. The molecule has 0 N–H and O–H groups in total. The molecule has 0 fully saturated rings. The van der Waals surface area contributed by atoms with Crippen molar-refractivity contribution in [2.45, 2.75) is 33.2 Å². The number of carbonyl (C=O) groups is 1. The molecule has 5 nitrogen and oxygen atoms in total. The zero-order valence-electron chi connectivity index (χ0n) is 16.5. The molecule has 2 aromatic heterocycles. The summed E-state index contributed by atoms with van der Waals surface area (Å²) in [6.07, 6.45) is 2.74. The zero-order chi connectivity index (χ0) is 19.8. The first-order chi connectivity index (χ1) is 13.5. The van der Waals surface area contributed by atoms with Crippen molar-refractivity contribution in [1.29, 1.82) is 0 Å². The van der Waals surface area contributed by atoms with Crippen LogP contribution in [0, 0.1) is 0 Å². The Morgan fingerprint density at radius 3 is 2.79 bits per heavy atom. The van der Waals surface area contributed by atoms with Gasteiger partial charge in [-0.2, -0.15) is 5.10 Å². The highest BCUT2D eigenvalue weighted by Gasteiger charge is 2.31. The SMILES string of the molecule is CCN(CC)c1cccc2c1CCN(C(=O)c1cc3ccc(Br)cn3n1)C2C. The summed E-state index contributed by atoms with van der Waals surface area (Å²) in [5.41, 5.74) is 5.34. The minimum absolute atomic E-state index is 0.00813. The Balaban J connectivity index is 1.66. The number of amides is 1. The Bertz CT molecular complexity index is 1020. The standard InChI is InChI=1S/C22H25BrN4O/c1-4-25(5-2)21-8-6-7-18-15(3)26(12-11-19(18)21)22(28)20-13-17-10-9-16(23)14-27(17)24-20/h6-10,13-15H,4-5,11-12H2,1-3H3. The Morgan fingerprint density at radius 1 is 1.25 bits per heavy atom. The van der Waals surface area contributed by atoms with Crippen LogP contribution in [-0.2, 0) is 6.42 Å². The molecule has 0 saturated carbocycles. The number of rotatable bonds is 4. The topological polar surface area (TPSA) is 40.9 Å². The smallest absolute Gasteiger partial charge is 0.274 e. The zero-order valence-corrected chi connectivity index (χ0v) is 18.1. The van der Waals surface area contributed by atoms with Gasteiger partial charge in [-0.1, -0.05) is 12.1 Å². The highest BCUT2D eigenvalue weighted by atomic mass is 79.9. The summed E-state index contributed by atoms with van der Waals surface area (Å²) in [4.78, 5) is 17.6. The van der Waals surface area contributed by atoms with E-state index in [-0.39, 0.29) is 11.9 Å². The molecular formula is C22H25BrN4O. The predicted octanol–water partition coefficient (Wildman–Crippen LogP) is 4.70. The third-order valence-electron chi connectivity index (χ3n) is 5.72. The molecule has 1 aromatic carbocycles. The maximum atomic E-state index is 13.2. The van der Waals surface area contributed by atoms with E-state index in [1.807, 2.05) is 29.3 Å². The van der Waals surface area contributed by atoms with Crippen molar-refractivity contribution in [1.82, 2.24) is 14.5 Å². The van der Waals surface area contributed by atoms with Crippen LogP contribution in [-0.4, -0.2) is 40.1 Å². The molecule has 0 bridgehead atoms. The van der Waals surface area contributed by atoms with Crippen LogP contribution in [0.1, 0.15) is 48.4 Å². The predicted molar refractivity (Wildman–Crippen MR) is 116 cm³/mol. The van der Waals surface area contributed by atoms with Crippen LogP contribution in [0.4, 0.5) is 5.69 Å². The van der Waals surface area contributed by atoms with Gasteiger partial charge in [0.15, 0.2) is 5.69 Å². The van der Waals surface area contributed by atoms with Crippen LogP contribution in [0.5, 0.6) is 0 Å². The molecule has 6 heteroatoms. The van der Waals surface area contributed by atoms with E-state index >= 15 is 0 Å². The van der Waals surface area contributed by atoms with Gasteiger partial charge in [-0.3, -0.25) is 4.79 Å². The van der Waals surface area contributed by atoms with Crippen LogP contribution in [0.2, 0.25) is 0 Å². The minimum Gasteiger partial charge on any atom is -0.372 e. The normalized spacial score (nSPS) is 16.3. The molecule has 4 rings (SSSR count). The average molecular weight is 441 g/mol. The number of benzene rings is 1. The molecule has 1 amide bonds. The second-order valence-electron chi connectivity index (χ2n) is 7.19. The number of aromatic nitrogens is 2. The maximum absolute atomic E-state index is 13.2. The van der Waals surface area contributed by atoms with E-state index in [1.165, 1.54) is 16.8 Å². The minimum atomic E-state index is -0.00813. The van der Waals surface area contributed by atoms with Gasteiger partial charge in [-0.15, -0.1) is 0 Å². The Labute approximate surface area is 174 Å². The van der Waals surface area contributed by atoms with E-state index in [0.717, 1.165) is 29.5 Å². The molecule has 28 heavy (non-hydrogen) atoms. The number of halogens is 1. The lowest BCUT2D eigenvalue weighted by Crippen LogP contribution is -2.39. The van der Waals surface area contributed by atoms with E-state index in [4.69, 9.17) is 0 Å². The largest absolute Gasteiger partial charge is 0.372 e. The summed E-state index contributed by atoms with van der Waals surface area (Å²) in [6.45, 7) is 9.18. The number of pyridine rings is 1. The third kappa shape index (κ3) is 3.20. The monoisotopic (exact) mass is 440 g/mol. The number of anilines is 1. The number of hydrogen-bond donors (Lipinski definition) is 0. The van der Waals surface area contributed by atoms with Gasteiger partial charge in [0.2, 0.25) is 0 Å². The van der Waals surface area contributed by atoms with Gasteiger partial charge in [0.05, 0.1) is 11.6 Å². The lowest BCUT2D eigenvalue weighted by atomic mass is 9.91. The van der Waals surface area contributed by atoms with Crippen LogP contribution >= 0.6 is 15.9 Å². The summed E-state index contributed by atoms with van der Waals surface area (Å²) in [7, 11) is 0. The molecule has 0 saturated heterocycles. The van der Waals surface area contributed by atoms with Crippen molar-refractivity contribution in [3.63, 3.8) is 0 Å². The van der Waals surface area contributed by atoms with Crippen molar-refractivity contribution in [2.75, 3.05) is 24.5 Å². The van der Waals surface area contributed by atoms with Gasteiger partial charge < -0.3 is 9.80 Å². The van der Waals surface area contributed by atoms with Gasteiger partial charge in [0.25, 0.3) is 5.91 Å². The van der Waals surface area contributed by atoms with Crippen molar-refractivity contribution in [3.8, 4) is 0 Å². The highest BCUT2D eigenvalue weighted by Crippen LogP contribution is 2.36. The second-order valence-corrected chi connectivity index (χ2v) is 8.10. The third-order valence-corrected chi connectivity index (χ3v) is 6.18. The molecule has 1 unspecified atom stereocenters. The number of nitrogens with zero attached hydrogens (tertiary/aromatic N) is 4. The Hall–Kier alpha value is -2.34. The van der Waals surface area contributed by atoms with Crippen molar-refractivity contribution < 1.29 is 4.79 Å². The Kier molecular flexibility index (Phi) is 5.15. The first-order valence-electron chi connectivity index (χ1n) is 9.86. The lowest BCUT2D eigenvalue weighted by molar-refractivity contribution is 0.0671. The first kappa shape index (κ1) is 19.0. The van der Waals surface area contributed by atoms with Gasteiger partial charge in [-0.25, -0.2) is 4.52 Å². The molecule has 3 aromatic rings. The van der Waals surface area contributed by atoms with Crippen LogP contribution in [0.15, 0.2) is 47.1 Å². The van der Waals surface area contributed by atoms with Gasteiger partial charge in [0.1, 0.15) is 0 Å². The molecule has 1 aliphatic heterocycles. The molecule has 0 aliphatic carbocycles. The van der Waals surface area contributed by atoms with Crippen molar-refractivity contribution in [2.24, 2.45) is 0 Å². The number of fused-ring (bicyclic) bond motifs is 2. The van der Waals surface area contributed by atoms with Crippen molar-refractivity contribution in [3.05, 3.63) is 63.9 Å². The Morgan fingerprint density at radius 2 is 2.04 bits per heavy atom. The molecule has 146 valence electrons. The average Bonchev–Trinajstić information content (AvgIpc) is 3.12. The molecular weight excluding hydrogens is 416 g/mol. The van der Waals surface area contributed by atoms with E-state index in [1.54, 1.807) is 4.52 Å². The molecule has 0 radical (unpaired) electrons. The molecule has 0 spiro atoms. The molecule has 3 heterocycles. The van der Waals surface area contributed by atoms with E-state index < -0.39 is 0 Å². The molecule has 1 aliphatic rings. The quantitative estimate of drug-likeness (QED) is 0.589. The van der Waals surface area contributed by atoms with E-state index in [9.17, 15) is 4.79 Å². The maximum Gasteiger partial charge on any atom is 0.274 e. The van der Waals surface area contributed by atoms with Crippen LogP contribution in [0.3, 0.4) is 0 Å². The first-order valence-corrected chi connectivity index (χ1v) is 10.7. The summed E-state index contributed by atoms with van der Waals surface area (Å²) < 4.78 is 2.68. The van der Waals surface area contributed by atoms with Crippen LogP contribution < -0.4 is 4.90 Å². The van der Waals surface area contributed by atoms with Gasteiger partial charge >= 0.3 is 0 Å². The van der Waals surface area contributed by atoms with Crippen molar-refractivity contribution >= 4 is 33.0 Å².